The Labute approximate surface area is 88.6 Å². The zero-order valence-corrected chi connectivity index (χ0v) is 8.68. The summed E-state index contributed by atoms with van der Waals surface area (Å²) in [5.41, 5.74) is 0.292. The lowest BCUT2D eigenvalue weighted by Gasteiger charge is -2.23. The standard InChI is InChI=1S/C10H11N5/c1-8(3-4-11)15(2)10-7-13-9(5-12)6-14-10/h6-8H,3H2,1-2H3. The molecule has 0 amide bonds. The summed E-state index contributed by atoms with van der Waals surface area (Å²) in [5.74, 6) is 0.664. The Morgan fingerprint density at radius 1 is 1.40 bits per heavy atom. The molecule has 1 aromatic rings. The van der Waals surface area contributed by atoms with Gasteiger partial charge in [-0.3, -0.25) is 0 Å². The predicted molar refractivity (Wildman–Crippen MR) is 54.8 cm³/mol. The first-order valence-electron chi connectivity index (χ1n) is 4.51. The Balaban J connectivity index is 2.79. The second-order valence-electron chi connectivity index (χ2n) is 3.19. The fourth-order valence-corrected chi connectivity index (χ4v) is 1.06. The van der Waals surface area contributed by atoms with Gasteiger partial charge in [-0.2, -0.15) is 10.5 Å². The second kappa shape index (κ2) is 4.92. The van der Waals surface area contributed by atoms with E-state index in [4.69, 9.17) is 10.5 Å². The highest BCUT2D eigenvalue weighted by Crippen LogP contribution is 2.11. The Bertz CT molecular complexity index is 397. The van der Waals surface area contributed by atoms with Crippen LogP contribution in [-0.4, -0.2) is 23.1 Å². The number of rotatable bonds is 3. The van der Waals surface area contributed by atoms with Gasteiger partial charge < -0.3 is 4.90 Å². The smallest absolute Gasteiger partial charge is 0.158 e. The van der Waals surface area contributed by atoms with Crippen LogP contribution in [0.1, 0.15) is 19.0 Å². The Morgan fingerprint density at radius 3 is 2.60 bits per heavy atom. The van der Waals surface area contributed by atoms with Crippen LogP contribution in [0.2, 0.25) is 0 Å². The van der Waals surface area contributed by atoms with Crippen molar-refractivity contribution >= 4 is 5.82 Å². The fourth-order valence-electron chi connectivity index (χ4n) is 1.06. The van der Waals surface area contributed by atoms with Crippen LogP contribution < -0.4 is 4.90 Å². The molecule has 0 saturated carbocycles. The summed E-state index contributed by atoms with van der Waals surface area (Å²) in [6.45, 7) is 1.93. The highest BCUT2D eigenvalue weighted by Gasteiger charge is 2.10. The Hall–Kier alpha value is -2.14. The van der Waals surface area contributed by atoms with Gasteiger partial charge in [0.25, 0.3) is 0 Å². The molecule has 0 saturated heterocycles. The number of nitrogens with zero attached hydrogens (tertiary/aromatic N) is 5. The Morgan fingerprint density at radius 2 is 2.13 bits per heavy atom. The van der Waals surface area contributed by atoms with Gasteiger partial charge in [-0.15, -0.1) is 0 Å². The average Bonchev–Trinajstić information content (AvgIpc) is 2.28. The van der Waals surface area contributed by atoms with E-state index >= 15 is 0 Å². The van der Waals surface area contributed by atoms with Gasteiger partial charge in [0.2, 0.25) is 0 Å². The zero-order chi connectivity index (χ0) is 11.3. The first-order valence-corrected chi connectivity index (χ1v) is 4.51. The minimum atomic E-state index is 0.0808. The topological polar surface area (TPSA) is 76.6 Å². The van der Waals surface area contributed by atoms with E-state index in [1.54, 1.807) is 0 Å². The summed E-state index contributed by atoms with van der Waals surface area (Å²) in [5, 5.41) is 17.1. The van der Waals surface area contributed by atoms with Crippen molar-refractivity contribution in [1.82, 2.24) is 9.97 Å². The normalized spacial score (nSPS) is 11.2. The van der Waals surface area contributed by atoms with Crippen molar-refractivity contribution in [3.05, 3.63) is 18.1 Å². The number of hydrogen-bond donors (Lipinski definition) is 0. The van der Waals surface area contributed by atoms with Crippen LogP contribution in [0.5, 0.6) is 0 Å². The van der Waals surface area contributed by atoms with Crippen LogP contribution in [0, 0.1) is 22.7 Å². The third-order valence-electron chi connectivity index (χ3n) is 2.16. The lowest BCUT2D eigenvalue weighted by molar-refractivity contribution is 0.692. The monoisotopic (exact) mass is 201 g/mol. The van der Waals surface area contributed by atoms with Crippen LogP contribution in [0.25, 0.3) is 0 Å². The van der Waals surface area contributed by atoms with Gasteiger partial charge in [-0.1, -0.05) is 0 Å². The molecular formula is C10H11N5. The van der Waals surface area contributed by atoms with Crippen LogP contribution in [0.4, 0.5) is 5.82 Å². The van der Waals surface area contributed by atoms with Crippen molar-refractivity contribution in [2.24, 2.45) is 0 Å². The molecule has 0 radical (unpaired) electrons. The summed E-state index contributed by atoms with van der Waals surface area (Å²) in [4.78, 5) is 9.86. The van der Waals surface area contributed by atoms with E-state index in [1.807, 2.05) is 24.9 Å². The van der Waals surface area contributed by atoms with E-state index in [1.165, 1.54) is 12.4 Å². The molecule has 1 atom stereocenters. The van der Waals surface area contributed by atoms with E-state index in [0.29, 0.717) is 17.9 Å². The van der Waals surface area contributed by atoms with Crippen molar-refractivity contribution in [2.45, 2.75) is 19.4 Å². The molecule has 76 valence electrons. The van der Waals surface area contributed by atoms with E-state index in [-0.39, 0.29) is 6.04 Å². The number of aromatic nitrogens is 2. The minimum absolute atomic E-state index is 0.0808. The number of anilines is 1. The molecule has 5 nitrogen and oxygen atoms in total. The van der Waals surface area contributed by atoms with Crippen molar-refractivity contribution in [1.29, 1.82) is 10.5 Å². The van der Waals surface area contributed by atoms with Gasteiger partial charge in [-0.05, 0) is 6.92 Å². The summed E-state index contributed by atoms with van der Waals surface area (Å²) in [6.07, 6.45) is 3.38. The van der Waals surface area contributed by atoms with Gasteiger partial charge in [0.15, 0.2) is 5.69 Å². The molecule has 0 aliphatic carbocycles. The van der Waals surface area contributed by atoms with Crippen LogP contribution >= 0.6 is 0 Å². The second-order valence-corrected chi connectivity index (χ2v) is 3.19. The van der Waals surface area contributed by atoms with Crippen molar-refractivity contribution in [3.63, 3.8) is 0 Å². The molecular weight excluding hydrogens is 190 g/mol. The molecule has 0 fully saturated rings. The highest BCUT2D eigenvalue weighted by molar-refractivity contribution is 5.37. The van der Waals surface area contributed by atoms with Crippen molar-refractivity contribution in [3.8, 4) is 12.1 Å². The molecule has 15 heavy (non-hydrogen) atoms. The fraction of sp³-hybridized carbons (Fsp3) is 0.400. The average molecular weight is 201 g/mol. The molecule has 0 aromatic carbocycles. The molecule has 1 unspecified atom stereocenters. The van der Waals surface area contributed by atoms with E-state index < -0.39 is 0 Å². The summed E-state index contributed by atoms with van der Waals surface area (Å²) in [7, 11) is 1.85. The third-order valence-corrected chi connectivity index (χ3v) is 2.16. The van der Waals surface area contributed by atoms with Crippen LogP contribution in [0.15, 0.2) is 12.4 Å². The lowest BCUT2D eigenvalue weighted by atomic mass is 10.2. The molecule has 0 aliphatic rings. The summed E-state index contributed by atoms with van der Waals surface area (Å²) < 4.78 is 0. The maximum absolute atomic E-state index is 8.56. The first-order chi connectivity index (χ1) is 7.19. The maximum Gasteiger partial charge on any atom is 0.158 e. The molecule has 0 aliphatic heterocycles. The predicted octanol–water partition coefficient (Wildman–Crippen LogP) is 1.09. The molecule has 1 aromatic heterocycles. The number of nitriles is 2. The summed E-state index contributed by atoms with van der Waals surface area (Å²) in [6, 6.07) is 4.08. The van der Waals surface area contributed by atoms with Gasteiger partial charge in [0.1, 0.15) is 11.9 Å². The quantitative estimate of drug-likeness (QED) is 0.731. The van der Waals surface area contributed by atoms with E-state index in [2.05, 4.69) is 16.0 Å². The lowest BCUT2D eigenvalue weighted by Crippen LogP contribution is -2.29. The molecule has 1 heterocycles. The van der Waals surface area contributed by atoms with Crippen molar-refractivity contribution < 1.29 is 0 Å². The minimum Gasteiger partial charge on any atom is -0.355 e. The van der Waals surface area contributed by atoms with Gasteiger partial charge in [-0.25, -0.2) is 9.97 Å². The zero-order valence-electron chi connectivity index (χ0n) is 8.68. The van der Waals surface area contributed by atoms with Gasteiger partial charge in [0.05, 0.1) is 24.9 Å². The maximum atomic E-state index is 8.56. The Kier molecular flexibility index (Phi) is 3.59. The molecule has 5 heteroatoms. The third kappa shape index (κ3) is 2.65. The van der Waals surface area contributed by atoms with Crippen molar-refractivity contribution in [2.75, 3.05) is 11.9 Å². The SMILES string of the molecule is CC(CC#N)N(C)c1cnc(C#N)cn1. The summed E-state index contributed by atoms with van der Waals surface area (Å²) >= 11 is 0. The molecule has 0 spiro atoms. The number of hydrogen-bond acceptors (Lipinski definition) is 5. The highest BCUT2D eigenvalue weighted by atomic mass is 15.2. The van der Waals surface area contributed by atoms with E-state index in [0.717, 1.165) is 0 Å². The molecule has 0 N–H and O–H groups in total. The van der Waals surface area contributed by atoms with E-state index in [9.17, 15) is 0 Å². The van der Waals surface area contributed by atoms with Crippen LogP contribution in [0.3, 0.4) is 0 Å². The molecule has 0 bridgehead atoms. The van der Waals surface area contributed by atoms with Gasteiger partial charge >= 0.3 is 0 Å². The van der Waals surface area contributed by atoms with Gasteiger partial charge in [0, 0.05) is 13.1 Å². The van der Waals surface area contributed by atoms with Crippen LogP contribution in [-0.2, 0) is 0 Å². The first kappa shape index (κ1) is 10.9. The molecule has 1 rings (SSSR count). The largest absolute Gasteiger partial charge is 0.355 e.